The average Bonchev–Trinajstić information content (AvgIpc) is 2.69. The van der Waals surface area contributed by atoms with E-state index >= 15 is 0 Å². The monoisotopic (exact) mass is 445 g/mol. The van der Waals surface area contributed by atoms with Gasteiger partial charge in [-0.05, 0) is 6.42 Å². The third kappa shape index (κ3) is 18.1. The fourth-order valence-electron chi connectivity index (χ4n) is 3.48. The number of carbonyl (C=O) groups excluding carboxylic acids is 2. The Labute approximate surface area is 189 Å². The van der Waals surface area contributed by atoms with Crippen molar-refractivity contribution in [3.63, 3.8) is 0 Å². The van der Waals surface area contributed by atoms with Gasteiger partial charge in [0.15, 0.2) is 0 Å². The van der Waals surface area contributed by atoms with E-state index in [1.54, 1.807) is 21.1 Å². The smallest absolute Gasteiger partial charge is 0.305 e. The van der Waals surface area contributed by atoms with Crippen molar-refractivity contribution in [2.75, 3.05) is 41.0 Å². The standard InChI is InChI=1S/C24H47NO6/c1-5-6-7-8-9-10-11-12-13-14-15-16-23(27)31-20-21(26)19-30-18-17-22(24(28)29)25(2,3)4/h21-22,26H,5-20H2,1-4H3. The number of aliphatic hydroxyl groups excluding tert-OH is 1. The van der Waals surface area contributed by atoms with Crippen LogP contribution in [-0.2, 0) is 19.1 Å². The highest BCUT2D eigenvalue weighted by Crippen LogP contribution is 2.12. The molecular formula is C24H47NO6. The fraction of sp³-hybridized carbons (Fsp3) is 0.917. The van der Waals surface area contributed by atoms with E-state index in [-0.39, 0.29) is 36.7 Å². The minimum atomic E-state index is -1.12. The number of aliphatic hydroxyl groups is 1. The van der Waals surface area contributed by atoms with Crippen molar-refractivity contribution >= 4 is 11.9 Å². The largest absolute Gasteiger partial charge is 0.544 e. The van der Waals surface area contributed by atoms with Crippen molar-refractivity contribution in [1.29, 1.82) is 0 Å². The lowest BCUT2D eigenvalue weighted by atomic mass is 10.1. The molecule has 0 aromatic rings. The quantitative estimate of drug-likeness (QED) is 0.166. The molecule has 7 nitrogen and oxygen atoms in total. The molecule has 7 heteroatoms. The highest BCUT2D eigenvalue weighted by Gasteiger charge is 2.24. The van der Waals surface area contributed by atoms with Crippen LogP contribution in [0.4, 0.5) is 0 Å². The van der Waals surface area contributed by atoms with E-state index in [4.69, 9.17) is 9.47 Å². The molecule has 0 aliphatic carbocycles. The van der Waals surface area contributed by atoms with Gasteiger partial charge in [-0.25, -0.2) is 0 Å². The zero-order valence-electron chi connectivity index (χ0n) is 20.4. The number of carbonyl (C=O) groups is 2. The molecule has 0 amide bonds. The zero-order valence-corrected chi connectivity index (χ0v) is 20.4. The summed E-state index contributed by atoms with van der Waals surface area (Å²) in [5.41, 5.74) is 0. The van der Waals surface area contributed by atoms with Gasteiger partial charge in [0.25, 0.3) is 0 Å². The molecule has 2 atom stereocenters. The molecule has 0 saturated carbocycles. The third-order valence-electron chi connectivity index (χ3n) is 5.47. The van der Waals surface area contributed by atoms with Gasteiger partial charge in [-0.15, -0.1) is 0 Å². The lowest BCUT2D eigenvalue weighted by Crippen LogP contribution is -2.55. The van der Waals surface area contributed by atoms with Gasteiger partial charge in [-0.2, -0.15) is 0 Å². The molecule has 1 N–H and O–H groups in total. The van der Waals surface area contributed by atoms with Crippen molar-refractivity contribution in [3.05, 3.63) is 0 Å². The van der Waals surface area contributed by atoms with Crippen LogP contribution in [0, 0.1) is 0 Å². The minimum Gasteiger partial charge on any atom is -0.544 e. The van der Waals surface area contributed by atoms with Crippen LogP contribution < -0.4 is 5.11 Å². The summed E-state index contributed by atoms with van der Waals surface area (Å²) in [5.74, 6) is -1.41. The number of hydrogen-bond donors (Lipinski definition) is 1. The van der Waals surface area contributed by atoms with Crippen LogP contribution in [0.25, 0.3) is 0 Å². The number of quaternary nitrogens is 1. The number of likely N-dealkylation sites (N-methyl/N-ethyl adjacent to an activating group) is 1. The molecule has 31 heavy (non-hydrogen) atoms. The van der Waals surface area contributed by atoms with Crippen molar-refractivity contribution in [2.45, 2.75) is 103 Å². The number of ether oxygens (including phenoxy) is 2. The van der Waals surface area contributed by atoms with Gasteiger partial charge >= 0.3 is 5.97 Å². The fourth-order valence-corrected chi connectivity index (χ4v) is 3.48. The minimum absolute atomic E-state index is 0.00261. The molecule has 0 bridgehead atoms. The molecule has 0 fully saturated rings. The number of unbranched alkanes of at least 4 members (excludes halogenated alkanes) is 10. The summed E-state index contributed by atoms with van der Waals surface area (Å²) >= 11 is 0. The molecule has 0 saturated heterocycles. The summed E-state index contributed by atoms with van der Waals surface area (Å²) < 4.78 is 10.7. The number of carboxylic acids is 1. The summed E-state index contributed by atoms with van der Waals surface area (Å²) in [6.07, 6.45) is 13.3. The molecular weight excluding hydrogens is 398 g/mol. The van der Waals surface area contributed by atoms with E-state index < -0.39 is 18.1 Å². The van der Waals surface area contributed by atoms with Gasteiger partial charge in [0.1, 0.15) is 18.8 Å². The van der Waals surface area contributed by atoms with Crippen LogP contribution in [-0.4, -0.2) is 74.6 Å². The molecule has 0 aromatic carbocycles. The molecule has 0 aromatic heterocycles. The maximum Gasteiger partial charge on any atom is 0.305 e. The highest BCUT2D eigenvalue weighted by atomic mass is 16.5. The first-order valence-electron chi connectivity index (χ1n) is 12.1. The summed E-state index contributed by atoms with van der Waals surface area (Å²) in [5, 5.41) is 21.0. The lowest BCUT2D eigenvalue weighted by molar-refractivity contribution is -0.889. The second-order valence-corrected chi connectivity index (χ2v) is 9.44. The Balaban J connectivity index is 3.60. The zero-order chi connectivity index (χ0) is 23.5. The molecule has 0 heterocycles. The van der Waals surface area contributed by atoms with Gasteiger partial charge in [0.05, 0.1) is 40.3 Å². The normalized spacial score (nSPS) is 13.7. The average molecular weight is 446 g/mol. The lowest BCUT2D eigenvalue weighted by Gasteiger charge is -2.34. The second kappa shape index (κ2) is 18.4. The first-order valence-corrected chi connectivity index (χ1v) is 12.1. The van der Waals surface area contributed by atoms with E-state index in [0.717, 1.165) is 19.3 Å². The number of esters is 1. The van der Waals surface area contributed by atoms with Gasteiger partial charge in [-0.3, -0.25) is 4.79 Å². The van der Waals surface area contributed by atoms with Gasteiger partial charge < -0.3 is 29.0 Å². The van der Waals surface area contributed by atoms with Crippen LogP contribution in [0.3, 0.4) is 0 Å². The van der Waals surface area contributed by atoms with Crippen LogP contribution in [0.1, 0.15) is 90.4 Å². The van der Waals surface area contributed by atoms with Crippen LogP contribution in [0.5, 0.6) is 0 Å². The maximum atomic E-state index is 11.8. The summed E-state index contributed by atoms with van der Waals surface area (Å²) in [6, 6.07) is -0.680. The summed E-state index contributed by atoms with van der Waals surface area (Å²) in [6.45, 7) is 2.33. The Kier molecular flexibility index (Phi) is 17.7. The Hall–Kier alpha value is -1.18. The SMILES string of the molecule is CCCCCCCCCCCCCC(=O)OCC(O)COCCC(C(=O)[O-])[N+](C)(C)C. The number of hydrogen-bond acceptors (Lipinski definition) is 6. The molecule has 0 aliphatic rings. The topological polar surface area (TPSA) is 95.9 Å². The Morgan fingerprint density at radius 3 is 1.87 bits per heavy atom. The Bertz CT molecular complexity index is 463. The maximum absolute atomic E-state index is 11.8. The first-order chi connectivity index (χ1) is 14.7. The van der Waals surface area contributed by atoms with E-state index in [1.807, 2.05) is 0 Å². The number of carboxylic acid groups (broad SMARTS) is 1. The van der Waals surface area contributed by atoms with E-state index in [9.17, 15) is 19.8 Å². The van der Waals surface area contributed by atoms with Crippen molar-refractivity contribution in [1.82, 2.24) is 0 Å². The second-order valence-electron chi connectivity index (χ2n) is 9.44. The third-order valence-corrected chi connectivity index (χ3v) is 5.47. The van der Waals surface area contributed by atoms with Gasteiger partial charge in [-0.1, -0.05) is 71.1 Å². The van der Waals surface area contributed by atoms with Crippen LogP contribution in [0.2, 0.25) is 0 Å². The Morgan fingerprint density at radius 2 is 1.39 bits per heavy atom. The van der Waals surface area contributed by atoms with E-state index in [2.05, 4.69) is 6.92 Å². The van der Waals surface area contributed by atoms with E-state index in [1.165, 1.54) is 51.4 Å². The number of aliphatic carboxylic acids is 1. The van der Waals surface area contributed by atoms with Crippen molar-refractivity contribution < 1.29 is 33.8 Å². The molecule has 0 rings (SSSR count). The first kappa shape index (κ1) is 29.8. The predicted molar refractivity (Wildman–Crippen MR) is 120 cm³/mol. The van der Waals surface area contributed by atoms with Crippen molar-refractivity contribution in [2.24, 2.45) is 0 Å². The molecule has 0 radical (unpaired) electrons. The predicted octanol–water partition coefficient (Wildman–Crippen LogP) is 2.82. The molecule has 0 aliphatic heterocycles. The van der Waals surface area contributed by atoms with Gasteiger partial charge in [0, 0.05) is 12.8 Å². The van der Waals surface area contributed by atoms with Crippen molar-refractivity contribution in [3.8, 4) is 0 Å². The number of rotatable bonds is 21. The summed E-state index contributed by atoms with van der Waals surface area (Å²) in [7, 11) is 5.35. The molecule has 184 valence electrons. The van der Waals surface area contributed by atoms with Gasteiger partial charge in [0.2, 0.25) is 0 Å². The van der Waals surface area contributed by atoms with Crippen LogP contribution in [0.15, 0.2) is 0 Å². The van der Waals surface area contributed by atoms with E-state index in [0.29, 0.717) is 6.42 Å². The molecule has 0 spiro atoms. The summed E-state index contributed by atoms with van der Waals surface area (Å²) in [4.78, 5) is 22.9. The highest BCUT2D eigenvalue weighted by molar-refractivity contribution is 5.69. The number of nitrogens with zero attached hydrogens (tertiary/aromatic N) is 1. The Morgan fingerprint density at radius 1 is 0.871 bits per heavy atom. The van der Waals surface area contributed by atoms with Crippen LogP contribution >= 0.6 is 0 Å². The molecule has 2 unspecified atom stereocenters.